The van der Waals surface area contributed by atoms with Crippen molar-refractivity contribution >= 4 is 15.5 Å². The summed E-state index contributed by atoms with van der Waals surface area (Å²) >= 11 is 0. The molecular formula is C11H15NO3S. The Morgan fingerprint density at radius 3 is 2.56 bits per heavy atom. The molecule has 2 rings (SSSR count). The van der Waals surface area contributed by atoms with Crippen LogP contribution in [0.4, 0.5) is 5.69 Å². The number of aliphatic hydroxyl groups excluding tert-OH is 1. The van der Waals surface area contributed by atoms with Gasteiger partial charge >= 0.3 is 0 Å². The second-order valence-electron chi connectivity index (χ2n) is 3.93. The Kier molecular flexibility index (Phi) is 2.90. The van der Waals surface area contributed by atoms with Gasteiger partial charge in [-0.1, -0.05) is 19.1 Å². The van der Waals surface area contributed by atoms with Gasteiger partial charge in [0.05, 0.1) is 22.4 Å². The van der Waals surface area contributed by atoms with Crippen molar-refractivity contribution in [3.63, 3.8) is 0 Å². The van der Waals surface area contributed by atoms with Crippen molar-refractivity contribution < 1.29 is 13.5 Å². The van der Waals surface area contributed by atoms with Gasteiger partial charge < -0.3 is 10.0 Å². The zero-order valence-electron chi connectivity index (χ0n) is 9.13. The molecular weight excluding hydrogens is 226 g/mol. The Balaban J connectivity index is 2.39. The van der Waals surface area contributed by atoms with E-state index in [1.54, 1.807) is 25.1 Å². The van der Waals surface area contributed by atoms with Crippen molar-refractivity contribution in [2.45, 2.75) is 17.9 Å². The van der Waals surface area contributed by atoms with Crippen LogP contribution in [-0.2, 0) is 9.84 Å². The van der Waals surface area contributed by atoms with Gasteiger partial charge in [0.2, 0.25) is 0 Å². The van der Waals surface area contributed by atoms with Gasteiger partial charge in [0.25, 0.3) is 0 Å². The van der Waals surface area contributed by atoms with Gasteiger partial charge in [-0.3, -0.25) is 0 Å². The molecule has 0 aromatic heterocycles. The van der Waals surface area contributed by atoms with Crippen LogP contribution in [0.15, 0.2) is 29.2 Å². The van der Waals surface area contributed by atoms with E-state index >= 15 is 0 Å². The highest BCUT2D eigenvalue weighted by molar-refractivity contribution is 7.91. The first kappa shape index (κ1) is 11.4. The first-order valence-corrected chi connectivity index (χ1v) is 6.94. The molecule has 4 nitrogen and oxygen atoms in total. The molecule has 1 aliphatic rings. The maximum Gasteiger partial charge on any atom is 0.180 e. The standard InChI is InChI=1S/C11H15NO3S/c1-2-16(14,15)11-6-4-3-5-10(11)12-7-9(13)8-12/h3-6,9,13H,2,7-8H2,1H3. The number of para-hydroxylation sites is 1. The molecule has 0 aliphatic carbocycles. The molecule has 0 spiro atoms. The number of nitrogens with zero attached hydrogens (tertiary/aromatic N) is 1. The van der Waals surface area contributed by atoms with E-state index in [-0.39, 0.29) is 11.9 Å². The van der Waals surface area contributed by atoms with Crippen molar-refractivity contribution in [3.05, 3.63) is 24.3 Å². The molecule has 0 unspecified atom stereocenters. The molecule has 0 radical (unpaired) electrons. The number of anilines is 1. The molecule has 1 saturated heterocycles. The first-order chi connectivity index (χ1) is 7.54. The van der Waals surface area contributed by atoms with Gasteiger partial charge in [0.15, 0.2) is 9.84 Å². The lowest BCUT2D eigenvalue weighted by molar-refractivity contribution is 0.141. The van der Waals surface area contributed by atoms with E-state index in [2.05, 4.69) is 0 Å². The summed E-state index contributed by atoms with van der Waals surface area (Å²) in [5.41, 5.74) is 0.703. The minimum atomic E-state index is -3.19. The van der Waals surface area contributed by atoms with E-state index in [1.165, 1.54) is 0 Å². The molecule has 16 heavy (non-hydrogen) atoms. The van der Waals surface area contributed by atoms with Gasteiger partial charge in [0.1, 0.15) is 0 Å². The summed E-state index contributed by atoms with van der Waals surface area (Å²) in [6.45, 7) is 2.66. The van der Waals surface area contributed by atoms with Crippen molar-refractivity contribution in [2.75, 3.05) is 23.7 Å². The van der Waals surface area contributed by atoms with Crippen LogP contribution < -0.4 is 4.90 Å². The maximum atomic E-state index is 11.9. The van der Waals surface area contributed by atoms with E-state index in [4.69, 9.17) is 0 Å². The predicted octanol–water partition coefficient (Wildman–Crippen LogP) is 0.661. The lowest BCUT2D eigenvalue weighted by Gasteiger charge is -2.38. The van der Waals surface area contributed by atoms with E-state index in [9.17, 15) is 13.5 Å². The fourth-order valence-corrected chi connectivity index (χ4v) is 2.90. The third kappa shape index (κ3) is 1.92. The fourth-order valence-electron chi connectivity index (χ4n) is 1.79. The average Bonchev–Trinajstić information content (AvgIpc) is 2.25. The molecule has 0 saturated carbocycles. The number of rotatable bonds is 3. The number of hydrogen-bond acceptors (Lipinski definition) is 4. The highest BCUT2D eigenvalue weighted by atomic mass is 32.2. The third-order valence-electron chi connectivity index (χ3n) is 2.78. The number of aliphatic hydroxyl groups is 1. The lowest BCUT2D eigenvalue weighted by atomic mass is 10.1. The second kappa shape index (κ2) is 4.07. The van der Waals surface area contributed by atoms with Crippen LogP contribution in [0.2, 0.25) is 0 Å². The molecule has 1 aromatic rings. The molecule has 5 heteroatoms. The third-order valence-corrected chi connectivity index (χ3v) is 4.56. The predicted molar refractivity (Wildman–Crippen MR) is 62.4 cm³/mol. The molecule has 0 amide bonds. The molecule has 88 valence electrons. The molecule has 1 aromatic carbocycles. The smallest absolute Gasteiger partial charge is 0.180 e. The number of hydrogen-bond donors (Lipinski definition) is 1. The van der Waals surface area contributed by atoms with Crippen LogP contribution in [0, 0.1) is 0 Å². The van der Waals surface area contributed by atoms with Crippen molar-refractivity contribution in [3.8, 4) is 0 Å². The van der Waals surface area contributed by atoms with E-state index < -0.39 is 9.84 Å². The Morgan fingerprint density at radius 1 is 1.38 bits per heavy atom. The van der Waals surface area contributed by atoms with Gasteiger partial charge in [-0.05, 0) is 12.1 Å². The van der Waals surface area contributed by atoms with Crippen LogP contribution in [0.25, 0.3) is 0 Å². The van der Waals surface area contributed by atoms with Crippen LogP contribution in [0.3, 0.4) is 0 Å². The van der Waals surface area contributed by atoms with Crippen LogP contribution in [0.5, 0.6) is 0 Å². The van der Waals surface area contributed by atoms with Crippen molar-refractivity contribution in [1.29, 1.82) is 0 Å². The lowest BCUT2D eigenvalue weighted by Crippen LogP contribution is -2.51. The van der Waals surface area contributed by atoms with Gasteiger partial charge in [-0.15, -0.1) is 0 Å². The van der Waals surface area contributed by atoms with Crippen molar-refractivity contribution in [1.82, 2.24) is 0 Å². The van der Waals surface area contributed by atoms with Gasteiger partial charge in [0, 0.05) is 13.1 Å². The topological polar surface area (TPSA) is 57.6 Å². The Bertz CT molecular complexity index is 478. The fraction of sp³-hybridized carbons (Fsp3) is 0.455. The summed E-state index contributed by atoms with van der Waals surface area (Å²) in [7, 11) is -3.19. The zero-order valence-corrected chi connectivity index (χ0v) is 9.94. The van der Waals surface area contributed by atoms with Crippen LogP contribution in [0.1, 0.15) is 6.92 Å². The van der Waals surface area contributed by atoms with Gasteiger partial charge in [-0.2, -0.15) is 0 Å². The number of β-amino-alcohol motifs (C(OH)–C–C–N with tert-alkyl or cyclic N) is 1. The molecule has 1 fully saturated rings. The van der Waals surface area contributed by atoms with E-state index in [1.807, 2.05) is 11.0 Å². The largest absolute Gasteiger partial charge is 0.389 e. The number of sulfone groups is 1. The monoisotopic (exact) mass is 241 g/mol. The first-order valence-electron chi connectivity index (χ1n) is 5.29. The van der Waals surface area contributed by atoms with Crippen LogP contribution >= 0.6 is 0 Å². The summed E-state index contributed by atoms with van der Waals surface area (Å²) in [5.74, 6) is 0.0976. The quantitative estimate of drug-likeness (QED) is 0.844. The highest BCUT2D eigenvalue weighted by Gasteiger charge is 2.28. The summed E-state index contributed by atoms with van der Waals surface area (Å²) < 4.78 is 23.7. The summed E-state index contributed by atoms with van der Waals surface area (Å²) in [4.78, 5) is 2.25. The Labute approximate surface area is 95.4 Å². The van der Waals surface area contributed by atoms with E-state index in [0.29, 0.717) is 23.7 Å². The van der Waals surface area contributed by atoms with Crippen molar-refractivity contribution in [2.24, 2.45) is 0 Å². The van der Waals surface area contributed by atoms with Crippen LogP contribution in [-0.4, -0.2) is 38.5 Å². The zero-order chi connectivity index (χ0) is 11.8. The normalized spacial score (nSPS) is 17.2. The highest BCUT2D eigenvalue weighted by Crippen LogP contribution is 2.29. The second-order valence-corrected chi connectivity index (χ2v) is 6.18. The summed E-state index contributed by atoms with van der Waals surface area (Å²) in [5, 5.41) is 9.24. The minimum Gasteiger partial charge on any atom is -0.389 e. The molecule has 0 bridgehead atoms. The summed E-state index contributed by atoms with van der Waals surface area (Å²) in [6, 6.07) is 6.95. The maximum absolute atomic E-state index is 11.9. The summed E-state index contributed by atoms with van der Waals surface area (Å²) in [6.07, 6.45) is -0.336. The number of benzene rings is 1. The van der Waals surface area contributed by atoms with Gasteiger partial charge in [-0.25, -0.2) is 8.42 Å². The molecule has 1 N–H and O–H groups in total. The minimum absolute atomic E-state index is 0.0976. The average molecular weight is 241 g/mol. The SMILES string of the molecule is CCS(=O)(=O)c1ccccc1N1CC(O)C1. The molecule has 1 aliphatic heterocycles. The molecule has 1 heterocycles. The molecule has 0 atom stereocenters. The van der Waals surface area contributed by atoms with E-state index in [0.717, 1.165) is 0 Å². The Morgan fingerprint density at radius 2 is 2.00 bits per heavy atom. The Hall–Kier alpha value is -1.07.